The lowest BCUT2D eigenvalue weighted by Crippen LogP contribution is -2.26. The molecule has 3 aromatic heterocycles. The number of fused-ring (bicyclic) bond motifs is 1. The Balaban J connectivity index is 1.75. The van der Waals surface area contributed by atoms with Crippen LogP contribution >= 0.6 is 22.7 Å². The fourth-order valence-electron chi connectivity index (χ4n) is 2.44. The highest BCUT2D eigenvalue weighted by Gasteiger charge is 2.18. The maximum absolute atomic E-state index is 12.5. The van der Waals surface area contributed by atoms with Gasteiger partial charge in [0.1, 0.15) is 4.83 Å². The first-order valence-corrected chi connectivity index (χ1v) is 9.62. The molecule has 0 bridgehead atoms. The minimum atomic E-state index is -0.127. The standard InChI is InChI=1S/C17H20N4OS2/c1-4-21(5-2)17-20-16-14(24-17)10-13(23-16)15(22)19-11(3)12-8-6-7-9-18-12/h6-11H,4-5H2,1-3H3,(H,19,22). The summed E-state index contributed by atoms with van der Waals surface area (Å²) in [6.45, 7) is 8.05. The summed E-state index contributed by atoms with van der Waals surface area (Å²) in [6, 6.07) is 7.51. The van der Waals surface area contributed by atoms with Gasteiger partial charge in [0.05, 0.1) is 21.3 Å². The van der Waals surface area contributed by atoms with Gasteiger partial charge in [-0.15, -0.1) is 11.3 Å². The topological polar surface area (TPSA) is 58.1 Å². The van der Waals surface area contributed by atoms with Crippen LogP contribution < -0.4 is 10.2 Å². The number of carbonyl (C=O) groups excluding carboxylic acids is 1. The molecule has 5 nitrogen and oxygen atoms in total. The third-order valence-electron chi connectivity index (χ3n) is 3.81. The first-order chi connectivity index (χ1) is 11.6. The minimum absolute atomic E-state index is 0.0762. The van der Waals surface area contributed by atoms with E-state index in [1.807, 2.05) is 31.2 Å². The van der Waals surface area contributed by atoms with Gasteiger partial charge in [-0.2, -0.15) is 0 Å². The normalized spacial score (nSPS) is 12.3. The molecule has 1 N–H and O–H groups in total. The molecule has 1 unspecified atom stereocenters. The number of anilines is 1. The Kier molecular flexibility index (Phi) is 5.11. The number of pyridine rings is 1. The van der Waals surface area contributed by atoms with E-state index in [1.54, 1.807) is 17.5 Å². The second-order valence-electron chi connectivity index (χ2n) is 5.40. The van der Waals surface area contributed by atoms with Crippen LogP contribution in [0.15, 0.2) is 30.5 Å². The predicted octanol–water partition coefficient (Wildman–Crippen LogP) is 4.09. The van der Waals surface area contributed by atoms with E-state index in [0.29, 0.717) is 4.88 Å². The maximum atomic E-state index is 12.5. The molecule has 3 rings (SSSR count). The van der Waals surface area contributed by atoms with Gasteiger partial charge in [0.15, 0.2) is 5.13 Å². The van der Waals surface area contributed by atoms with Crippen molar-refractivity contribution in [1.29, 1.82) is 0 Å². The van der Waals surface area contributed by atoms with Crippen LogP contribution in [-0.4, -0.2) is 29.0 Å². The van der Waals surface area contributed by atoms with E-state index in [2.05, 4.69) is 34.0 Å². The Bertz CT molecular complexity index is 792. The minimum Gasteiger partial charge on any atom is -0.349 e. The summed E-state index contributed by atoms with van der Waals surface area (Å²) in [7, 11) is 0. The van der Waals surface area contributed by atoms with Gasteiger partial charge in [-0.25, -0.2) is 4.98 Å². The average molecular weight is 361 g/mol. The molecule has 3 aromatic rings. The van der Waals surface area contributed by atoms with Crippen LogP contribution in [0.3, 0.4) is 0 Å². The van der Waals surface area contributed by atoms with Crippen molar-refractivity contribution in [3.8, 4) is 0 Å². The van der Waals surface area contributed by atoms with Crippen molar-refractivity contribution >= 4 is 43.2 Å². The highest BCUT2D eigenvalue weighted by molar-refractivity contribution is 7.29. The Morgan fingerprint density at radius 2 is 2.08 bits per heavy atom. The van der Waals surface area contributed by atoms with Crippen molar-refractivity contribution in [2.24, 2.45) is 0 Å². The lowest BCUT2D eigenvalue weighted by molar-refractivity contribution is 0.0943. The first kappa shape index (κ1) is 16.9. The molecule has 1 amide bonds. The monoisotopic (exact) mass is 360 g/mol. The van der Waals surface area contributed by atoms with Crippen molar-refractivity contribution in [2.75, 3.05) is 18.0 Å². The summed E-state index contributed by atoms with van der Waals surface area (Å²) in [5.74, 6) is -0.0762. The van der Waals surface area contributed by atoms with Crippen molar-refractivity contribution in [3.05, 3.63) is 41.0 Å². The second kappa shape index (κ2) is 7.27. The molecule has 0 aromatic carbocycles. The molecule has 24 heavy (non-hydrogen) atoms. The van der Waals surface area contributed by atoms with Gasteiger partial charge in [0, 0.05) is 19.3 Å². The van der Waals surface area contributed by atoms with Gasteiger partial charge in [-0.1, -0.05) is 17.4 Å². The molecule has 0 radical (unpaired) electrons. The predicted molar refractivity (Wildman–Crippen MR) is 101 cm³/mol. The third kappa shape index (κ3) is 3.42. The van der Waals surface area contributed by atoms with Crippen molar-refractivity contribution in [3.63, 3.8) is 0 Å². The number of amides is 1. The van der Waals surface area contributed by atoms with Crippen molar-refractivity contribution < 1.29 is 4.79 Å². The Labute approximate surface area is 149 Å². The first-order valence-electron chi connectivity index (χ1n) is 7.99. The van der Waals surface area contributed by atoms with Gasteiger partial charge in [-0.05, 0) is 39.0 Å². The molecule has 0 saturated carbocycles. The Morgan fingerprint density at radius 3 is 2.71 bits per heavy atom. The highest BCUT2D eigenvalue weighted by Crippen LogP contribution is 2.34. The number of carbonyl (C=O) groups is 1. The van der Waals surface area contributed by atoms with Crippen LogP contribution in [0.2, 0.25) is 0 Å². The van der Waals surface area contributed by atoms with Gasteiger partial charge in [-0.3, -0.25) is 9.78 Å². The largest absolute Gasteiger partial charge is 0.349 e. The zero-order valence-corrected chi connectivity index (χ0v) is 15.6. The molecule has 126 valence electrons. The molecule has 0 fully saturated rings. The van der Waals surface area contributed by atoms with Crippen molar-refractivity contribution in [2.45, 2.75) is 26.8 Å². The van der Waals surface area contributed by atoms with E-state index in [0.717, 1.165) is 33.4 Å². The molecule has 3 heterocycles. The highest BCUT2D eigenvalue weighted by atomic mass is 32.1. The number of nitrogens with one attached hydrogen (secondary N) is 1. The lowest BCUT2D eigenvalue weighted by Gasteiger charge is -2.16. The Hall–Kier alpha value is -1.99. The van der Waals surface area contributed by atoms with Crippen molar-refractivity contribution in [1.82, 2.24) is 15.3 Å². The van der Waals surface area contributed by atoms with Crippen LogP contribution in [-0.2, 0) is 0 Å². The second-order valence-corrected chi connectivity index (χ2v) is 7.44. The van der Waals surface area contributed by atoms with Crippen LogP contribution in [0, 0.1) is 0 Å². The summed E-state index contributed by atoms with van der Waals surface area (Å²) in [5.41, 5.74) is 0.853. The SMILES string of the molecule is CCN(CC)c1nc2sc(C(=O)NC(C)c3ccccn3)cc2s1. The summed E-state index contributed by atoms with van der Waals surface area (Å²) in [4.78, 5) is 25.3. The smallest absolute Gasteiger partial charge is 0.262 e. The molecule has 0 aliphatic rings. The van der Waals surface area contributed by atoms with E-state index in [4.69, 9.17) is 0 Å². The van der Waals surface area contributed by atoms with E-state index in [-0.39, 0.29) is 11.9 Å². The molecule has 0 aliphatic carbocycles. The number of rotatable bonds is 6. The maximum Gasteiger partial charge on any atom is 0.262 e. The number of thiazole rings is 1. The number of nitrogens with zero attached hydrogens (tertiary/aromatic N) is 3. The van der Waals surface area contributed by atoms with Gasteiger partial charge in [0.25, 0.3) is 5.91 Å². The fraction of sp³-hybridized carbons (Fsp3) is 0.353. The molecular weight excluding hydrogens is 340 g/mol. The number of aromatic nitrogens is 2. The van der Waals surface area contributed by atoms with Crippen LogP contribution in [0.1, 0.15) is 42.2 Å². The van der Waals surface area contributed by atoms with E-state index >= 15 is 0 Å². The lowest BCUT2D eigenvalue weighted by atomic mass is 10.2. The molecule has 7 heteroatoms. The average Bonchev–Trinajstić information content (AvgIpc) is 3.16. The number of thiophene rings is 1. The number of hydrogen-bond donors (Lipinski definition) is 1. The van der Waals surface area contributed by atoms with Gasteiger partial charge < -0.3 is 10.2 Å². The third-order valence-corrected chi connectivity index (χ3v) is 6.03. The Morgan fingerprint density at radius 1 is 1.29 bits per heavy atom. The van der Waals surface area contributed by atoms with E-state index in [1.165, 1.54) is 11.3 Å². The quantitative estimate of drug-likeness (QED) is 0.719. The van der Waals surface area contributed by atoms with Gasteiger partial charge in [0.2, 0.25) is 0 Å². The zero-order chi connectivity index (χ0) is 17.1. The van der Waals surface area contributed by atoms with Gasteiger partial charge >= 0.3 is 0 Å². The summed E-state index contributed by atoms with van der Waals surface area (Å²) < 4.78 is 1.07. The summed E-state index contributed by atoms with van der Waals surface area (Å²) in [6.07, 6.45) is 1.73. The molecule has 0 saturated heterocycles. The van der Waals surface area contributed by atoms with Crippen LogP contribution in [0.25, 0.3) is 9.53 Å². The zero-order valence-electron chi connectivity index (χ0n) is 13.9. The molecule has 0 aliphatic heterocycles. The van der Waals surface area contributed by atoms with E-state index < -0.39 is 0 Å². The summed E-state index contributed by atoms with van der Waals surface area (Å²) >= 11 is 3.08. The molecular formula is C17H20N4OS2. The van der Waals surface area contributed by atoms with Crippen LogP contribution in [0.5, 0.6) is 0 Å². The number of hydrogen-bond acceptors (Lipinski definition) is 6. The van der Waals surface area contributed by atoms with E-state index in [9.17, 15) is 4.79 Å². The molecule has 0 spiro atoms. The fourth-order valence-corrected chi connectivity index (χ4v) is 4.68. The summed E-state index contributed by atoms with van der Waals surface area (Å²) in [5, 5.41) is 4.02. The molecule has 1 atom stereocenters. The van der Waals surface area contributed by atoms with Crippen LogP contribution in [0.4, 0.5) is 5.13 Å².